The average Bonchev–Trinajstić information content (AvgIpc) is 2.29. The molecule has 0 aromatic carbocycles. The first-order valence-electron chi connectivity index (χ1n) is 7.72. The van der Waals surface area contributed by atoms with E-state index in [1.165, 1.54) is 19.3 Å². The van der Waals surface area contributed by atoms with E-state index in [0.717, 1.165) is 44.1 Å². The normalized spacial score (nSPS) is 21.5. The Balaban J connectivity index is 2.44. The quantitative estimate of drug-likeness (QED) is 0.749. The van der Waals surface area contributed by atoms with Crippen LogP contribution in [-0.4, -0.2) is 26.3 Å². The van der Waals surface area contributed by atoms with Crippen molar-refractivity contribution in [1.82, 2.24) is 5.32 Å². The Labute approximate surface area is 114 Å². The number of hydrogen-bond acceptors (Lipinski definition) is 2. The summed E-state index contributed by atoms with van der Waals surface area (Å²) >= 11 is 0. The van der Waals surface area contributed by atoms with Crippen molar-refractivity contribution in [2.24, 2.45) is 23.2 Å². The predicted molar refractivity (Wildman–Crippen MR) is 78.8 cm³/mol. The van der Waals surface area contributed by atoms with Gasteiger partial charge in [0.25, 0.3) is 0 Å². The van der Waals surface area contributed by atoms with Gasteiger partial charge in [-0.05, 0) is 49.0 Å². The summed E-state index contributed by atoms with van der Waals surface area (Å²) in [5.74, 6) is 2.34. The van der Waals surface area contributed by atoms with Gasteiger partial charge in [0.1, 0.15) is 0 Å². The Morgan fingerprint density at radius 1 is 1.17 bits per heavy atom. The fourth-order valence-corrected chi connectivity index (χ4v) is 2.77. The van der Waals surface area contributed by atoms with E-state index in [1.807, 2.05) is 0 Å². The molecule has 2 nitrogen and oxygen atoms in total. The van der Waals surface area contributed by atoms with E-state index in [4.69, 9.17) is 4.74 Å². The van der Waals surface area contributed by atoms with Crippen LogP contribution in [0.15, 0.2) is 0 Å². The van der Waals surface area contributed by atoms with Crippen molar-refractivity contribution < 1.29 is 4.74 Å². The van der Waals surface area contributed by atoms with Crippen molar-refractivity contribution in [3.8, 4) is 0 Å². The molecule has 0 aromatic heterocycles. The zero-order valence-electron chi connectivity index (χ0n) is 13.1. The molecule has 0 spiro atoms. The summed E-state index contributed by atoms with van der Waals surface area (Å²) in [4.78, 5) is 0. The van der Waals surface area contributed by atoms with Crippen molar-refractivity contribution in [2.45, 2.75) is 53.9 Å². The van der Waals surface area contributed by atoms with Gasteiger partial charge >= 0.3 is 0 Å². The van der Waals surface area contributed by atoms with Crippen LogP contribution in [0, 0.1) is 23.2 Å². The van der Waals surface area contributed by atoms with Crippen LogP contribution in [0.1, 0.15) is 53.9 Å². The minimum Gasteiger partial charge on any atom is -0.381 e. The van der Waals surface area contributed by atoms with Crippen LogP contribution in [0.2, 0.25) is 0 Å². The fraction of sp³-hybridized carbons (Fsp3) is 1.00. The molecule has 1 aliphatic rings. The lowest BCUT2D eigenvalue weighted by Gasteiger charge is -2.38. The maximum Gasteiger partial charge on any atom is 0.0468 e. The first kappa shape index (κ1) is 16.0. The van der Waals surface area contributed by atoms with E-state index in [-0.39, 0.29) is 0 Å². The number of nitrogens with one attached hydrogen (secondary N) is 1. The minimum absolute atomic E-state index is 0.427. The summed E-state index contributed by atoms with van der Waals surface area (Å²) in [6.07, 6.45) is 3.86. The lowest BCUT2D eigenvalue weighted by Crippen LogP contribution is -2.39. The van der Waals surface area contributed by atoms with Crippen molar-refractivity contribution in [3.63, 3.8) is 0 Å². The van der Waals surface area contributed by atoms with Gasteiger partial charge in [-0.15, -0.1) is 0 Å². The third kappa shape index (κ3) is 5.27. The first-order valence-corrected chi connectivity index (χ1v) is 7.72. The monoisotopic (exact) mass is 255 g/mol. The highest BCUT2D eigenvalue weighted by Gasteiger charge is 2.31. The summed E-state index contributed by atoms with van der Waals surface area (Å²) in [5, 5.41) is 3.67. The van der Waals surface area contributed by atoms with E-state index in [0.29, 0.717) is 5.41 Å². The summed E-state index contributed by atoms with van der Waals surface area (Å²) < 4.78 is 5.47. The molecule has 1 atom stereocenters. The lowest BCUT2D eigenvalue weighted by molar-refractivity contribution is 0.0400. The third-order valence-electron chi connectivity index (χ3n) is 4.57. The fourth-order valence-electron chi connectivity index (χ4n) is 2.77. The van der Waals surface area contributed by atoms with Crippen LogP contribution in [0.3, 0.4) is 0 Å². The first-order chi connectivity index (χ1) is 8.44. The molecule has 1 saturated heterocycles. The molecule has 1 aliphatic heterocycles. The molecular formula is C16H33NO. The molecule has 1 fully saturated rings. The predicted octanol–water partition coefficient (Wildman–Crippen LogP) is 3.71. The molecule has 0 radical (unpaired) electrons. The van der Waals surface area contributed by atoms with Gasteiger partial charge in [-0.3, -0.25) is 0 Å². The van der Waals surface area contributed by atoms with Crippen LogP contribution in [0.25, 0.3) is 0 Å². The summed E-state index contributed by atoms with van der Waals surface area (Å²) in [6, 6.07) is 0. The maximum absolute atomic E-state index is 5.47. The Hall–Kier alpha value is -0.0800. The highest BCUT2D eigenvalue weighted by Crippen LogP contribution is 2.36. The lowest BCUT2D eigenvalue weighted by atomic mass is 9.71. The molecule has 0 aromatic rings. The van der Waals surface area contributed by atoms with E-state index in [9.17, 15) is 0 Å². The van der Waals surface area contributed by atoms with Crippen LogP contribution in [-0.2, 0) is 4.74 Å². The average molecular weight is 255 g/mol. The molecule has 18 heavy (non-hydrogen) atoms. The van der Waals surface area contributed by atoms with Crippen LogP contribution < -0.4 is 5.32 Å². The van der Waals surface area contributed by atoms with Gasteiger partial charge in [0, 0.05) is 19.8 Å². The van der Waals surface area contributed by atoms with Gasteiger partial charge in [0.15, 0.2) is 0 Å². The topological polar surface area (TPSA) is 21.3 Å². The second-order valence-electron chi connectivity index (χ2n) is 7.09. The zero-order chi connectivity index (χ0) is 13.6. The van der Waals surface area contributed by atoms with Gasteiger partial charge in [-0.1, -0.05) is 34.6 Å². The Morgan fingerprint density at radius 2 is 1.78 bits per heavy atom. The number of ether oxygens (including phenoxy) is 1. The van der Waals surface area contributed by atoms with Crippen molar-refractivity contribution in [2.75, 3.05) is 26.3 Å². The van der Waals surface area contributed by atoms with Crippen molar-refractivity contribution in [1.29, 1.82) is 0 Å². The summed E-state index contributed by atoms with van der Waals surface area (Å²) in [7, 11) is 0. The largest absolute Gasteiger partial charge is 0.381 e. The zero-order valence-corrected chi connectivity index (χ0v) is 13.1. The SMILES string of the molecule is CC(C)CNCC(C)(CC1CCOCC1)C(C)C. The van der Waals surface area contributed by atoms with Crippen LogP contribution >= 0.6 is 0 Å². The summed E-state index contributed by atoms with van der Waals surface area (Å²) in [5.41, 5.74) is 0.427. The smallest absolute Gasteiger partial charge is 0.0468 e. The standard InChI is InChI=1S/C16H33NO/c1-13(2)11-17-12-16(5,14(3)4)10-15-6-8-18-9-7-15/h13-15,17H,6-12H2,1-5H3. The Kier molecular flexibility index (Phi) is 6.65. The van der Waals surface area contributed by atoms with E-state index in [2.05, 4.69) is 39.9 Å². The minimum atomic E-state index is 0.427. The molecule has 0 saturated carbocycles. The Bertz CT molecular complexity index is 221. The summed E-state index contributed by atoms with van der Waals surface area (Å²) in [6.45, 7) is 16.0. The van der Waals surface area contributed by atoms with Gasteiger partial charge in [0.05, 0.1) is 0 Å². The van der Waals surface area contributed by atoms with Gasteiger partial charge in [-0.2, -0.15) is 0 Å². The van der Waals surface area contributed by atoms with Crippen LogP contribution in [0.4, 0.5) is 0 Å². The van der Waals surface area contributed by atoms with Crippen molar-refractivity contribution >= 4 is 0 Å². The molecule has 1 heterocycles. The highest BCUT2D eigenvalue weighted by molar-refractivity contribution is 4.84. The molecule has 0 amide bonds. The van der Waals surface area contributed by atoms with E-state index in [1.54, 1.807) is 0 Å². The van der Waals surface area contributed by atoms with Gasteiger partial charge < -0.3 is 10.1 Å². The van der Waals surface area contributed by atoms with Gasteiger partial charge in [0.2, 0.25) is 0 Å². The van der Waals surface area contributed by atoms with Crippen molar-refractivity contribution in [3.05, 3.63) is 0 Å². The second-order valence-corrected chi connectivity index (χ2v) is 7.09. The van der Waals surface area contributed by atoms with E-state index >= 15 is 0 Å². The molecule has 108 valence electrons. The molecule has 1 rings (SSSR count). The molecule has 0 bridgehead atoms. The maximum atomic E-state index is 5.47. The molecule has 2 heteroatoms. The van der Waals surface area contributed by atoms with Crippen LogP contribution in [0.5, 0.6) is 0 Å². The molecule has 0 aliphatic carbocycles. The molecule has 1 unspecified atom stereocenters. The second kappa shape index (κ2) is 7.49. The number of rotatable bonds is 7. The highest BCUT2D eigenvalue weighted by atomic mass is 16.5. The number of hydrogen-bond donors (Lipinski definition) is 1. The molecular weight excluding hydrogens is 222 g/mol. The van der Waals surface area contributed by atoms with E-state index < -0.39 is 0 Å². The molecule has 1 N–H and O–H groups in total. The Morgan fingerprint density at radius 3 is 2.28 bits per heavy atom. The van der Waals surface area contributed by atoms with Gasteiger partial charge in [-0.25, -0.2) is 0 Å². The third-order valence-corrected chi connectivity index (χ3v) is 4.57.